The Labute approximate surface area is 115 Å². The Morgan fingerprint density at radius 2 is 1.21 bits per heavy atom. The molecule has 0 unspecified atom stereocenters. The predicted octanol–water partition coefficient (Wildman–Crippen LogP) is -0.194. The normalized spacial score (nSPS) is 12.0. The average molecular weight is 262 g/mol. The van der Waals surface area contributed by atoms with Crippen LogP contribution in [0.3, 0.4) is 0 Å². The maximum atomic E-state index is 3.96. The second-order valence-corrected chi connectivity index (χ2v) is 15.6. The molecule has 5 heteroatoms. The first-order chi connectivity index (χ1) is 5.19. The van der Waals surface area contributed by atoms with Crippen molar-refractivity contribution in [3.05, 3.63) is 6.92 Å². The minimum atomic E-state index is -1.09. The van der Waals surface area contributed by atoms with Crippen LogP contribution in [0.4, 0.5) is 0 Å². The molecule has 0 aromatic heterocycles. The van der Waals surface area contributed by atoms with Gasteiger partial charge in [-0.1, -0.05) is 39.3 Å². The van der Waals surface area contributed by atoms with Gasteiger partial charge in [0.05, 0.1) is 0 Å². The third-order valence-electron chi connectivity index (χ3n) is 2.00. The molecule has 0 fully saturated rings. The molecule has 0 bridgehead atoms. The van der Waals surface area contributed by atoms with E-state index in [0.29, 0.717) is 0 Å². The molecule has 0 aromatic rings. The fraction of sp³-hybridized carbons (Fsp3) is 0.889. The molecule has 0 aliphatic rings. The van der Waals surface area contributed by atoms with Crippen molar-refractivity contribution in [2.75, 3.05) is 6.54 Å². The van der Waals surface area contributed by atoms with Crippen molar-refractivity contribution in [3.63, 3.8) is 0 Å². The van der Waals surface area contributed by atoms with E-state index in [9.17, 15) is 0 Å². The van der Waals surface area contributed by atoms with Gasteiger partial charge in [-0.3, -0.25) is 0 Å². The maximum absolute atomic E-state index is 3.96. The molecule has 0 rings (SSSR count). The summed E-state index contributed by atoms with van der Waals surface area (Å²) in [6, 6.07) is 0. The fourth-order valence-corrected chi connectivity index (χ4v) is 11.5. The molecule has 0 saturated heterocycles. The van der Waals surface area contributed by atoms with Crippen LogP contribution in [0, 0.1) is 6.92 Å². The molecular weight excluding hydrogens is 238 g/mol. The van der Waals surface area contributed by atoms with E-state index in [1.54, 1.807) is 0 Å². The summed E-state index contributed by atoms with van der Waals surface area (Å²) in [5.41, 5.74) is 0. The summed E-state index contributed by atoms with van der Waals surface area (Å²) >= 11 is 0. The van der Waals surface area contributed by atoms with E-state index in [0.717, 1.165) is 6.42 Å². The molecule has 0 saturated carbocycles. The van der Waals surface area contributed by atoms with Crippen LogP contribution in [-0.2, 0) is 0 Å². The molecule has 0 atom stereocenters. The average Bonchev–Trinajstić information content (AvgIpc) is 1.77. The van der Waals surface area contributed by atoms with Gasteiger partial charge in [-0.2, -0.15) is 6.42 Å². The second-order valence-electron chi connectivity index (χ2n) is 5.35. The molecule has 0 amide bonds. The summed E-state index contributed by atoms with van der Waals surface area (Å²) < 4.78 is 2.77. The first-order valence-corrected chi connectivity index (χ1v) is 11.7. The van der Waals surface area contributed by atoms with Gasteiger partial charge in [0.25, 0.3) is 0 Å². The quantitative estimate of drug-likeness (QED) is 0.501. The van der Waals surface area contributed by atoms with Crippen LogP contribution in [0.25, 0.3) is 0 Å². The molecule has 0 N–H and O–H groups in total. The van der Waals surface area contributed by atoms with Crippen molar-refractivity contribution in [3.8, 4) is 0 Å². The van der Waals surface area contributed by atoms with Crippen molar-refractivity contribution in [1.29, 1.82) is 0 Å². The third-order valence-corrected chi connectivity index (χ3v) is 9.71. The van der Waals surface area contributed by atoms with Gasteiger partial charge in [0.15, 0.2) is 0 Å². The summed E-state index contributed by atoms with van der Waals surface area (Å²) in [6.07, 6.45) is 1.05. The predicted molar refractivity (Wildman–Crippen MR) is 69.1 cm³/mol. The summed E-state index contributed by atoms with van der Waals surface area (Å²) in [5.74, 6) is 0. The Kier molecular flexibility index (Phi) is 11.4. The minimum Gasteiger partial charge on any atom is -1.00 e. The van der Waals surface area contributed by atoms with E-state index < -0.39 is 16.5 Å². The van der Waals surface area contributed by atoms with Gasteiger partial charge < -0.3 is 23.6 Å². The summed E-state index contributed by atoms with van der Waals surface area (Å²) in [7, 11) is -2.18. The molecule has 0 heterocycles. The Balaban J connectivity index is -0.000000605. The first-order valence-electron chi connectivity index (χ1n) is 4.76. The molecule has 14 heavy (non-hydrogen) atoms. The van der Waals surface area contributed by atoms with Crippen LogP contribution in [0.1, 0.15) is 6.42 Å². The zero-order valence-corrected chi connectivity index (χ0v) is 14.8. The Morgan fingerprint density at radius 1 is 0.929 bits per heavy atom. The van der Waals surface area contributed by atoms with E-state index in [4.69, 9.17) is 0 Å². The van der Waals surface area contributed by atoms with Gasteiger partial charge >= 0.3 is 23.1 Å². The molecule has 0 radical (unpaired) electrons. The Bertz CT molecular complexity index is 129. The molecule has 82 valence electrons. The van der Waals surface area contributed by atoms with Crippen molar-refractivity contribution in [2.45, 2.75) is 45.7 Å². The zero-order chi connectivity index (χ0) is 9.99. The van der Waals surface area contributed by atoms with Gasteiger partial charge in [0.1, 0.15) is 16.5 Å². The molecule has 0 aliphatic heterocycles. The second kappa shape index (κ2) is 7.68. The summed E-state index contributed by atoms with van der Waals surface area (Å²) in [4.78, 5) is 0. The van der Waals surface area contributed by atoms with Gasteiger partial charge in [-0.25, -0.2) is 0 Å². The number of rotatable bonds is 4. The van der Waals surface area contributed by atoms with Crippen LogP contribution in [-0.4, -0.2) is 50.3 Å². The Morgan fingerprint density at radius 3 is 1.29 bits per heavy atom. The monoisotopic (exact) mass is 261 g/mol. The van der Waals surface area contributed by atoms with Crippen LogP contribution >= 0.6 is 0 Å². The number of nitrogens with zero attached hydrogens (tertiary/aromatic N) is 1. The van der Waals surface area contributed by atoms with Crippen LogP contribution < -0.4 is 12.4 Å². The standard InChI is InChI=1S/C9H24NSi2.ClH.Mg/c1-8-9-10(11(2,3)4)12(5,6)7;;/h1,8-9H2,2-7H3;1H;/q-1;;+2/p-1. The van der Waals surface area contributed by atoms with Crippen LogP contribution in [0.2, 0.25) is 39.3 Å². The Hall–Kier alpha value is 1.45. The van der Waals surface area contributed by atoms with Gasteiger partial charge in [-0.15, -0.1) is 0 Å². The zero-order valence-electron chi connectivity index (χ0n) is 10.7. The van der Waals surface area contributed by atoms with E-state index in [1.807, 2.05) is 0 Å². The molecule has 1 nitrogen and oxygen atoms in total. The summed E-state index contributed by atoms with van der Waals surface area (Å²) in [6.45, 7) is 19.7. The SMILES string of the molecule is [CH2-]CCN([Si](C)(C)C)[Si](C)(C)C.[Cl-].[Mg+2]. The van der Waals surface area contributed by atoms with Gasteiger partial charge in [0, 0.05) is 0 Å². The van der Waals surface area contributed by atoms with Crippen molar-refractivity contribution < 1.29 is 12.4 Å². The maximum Gasteiger partial charge on any atom is 2.00 e. The largest absolute Gasteiger partial charge is 2.00 e. The number of hydrogen-bond acceptors (Lipinski definition) is 1. The van der Waals surface area contributed by atoms with Crippen molar-refractivity contribution in [2.24, 2.45) is 0 Å². The number of hydrogen-bond donors (Lipinski definition) is 0. The van der Waals surface area contributed by atoms with Crippen LogP contribution in [0.5, 0.6) is 0 Å². The molecule has 0 aromatic carbocycles. The van der Waals surface area contributed by atoms with E-state index in [-0.39, 0.29) is 35.5 Å². The van der Waals surface area contributed by atoms with Crippen molar-refractivity contribution >= 4 is 39.5 Å². The third kappa shape index (κ3) is 7.70. The van der Waals surface area contributed by atoms with E-state index in [2.05, 4.69) is 50.4 Å². The van der Waals surface area contributed by atoms with Gasteiger partial charge in [0.2, 0.25) is 0 Å². The fourth-order valence-electron chi connectivity index (χ4n) is 1.84. The van der Waals surface area contributed by atoms with Gasteiger partial charge in [-0.05, 0) is 6.54 Å². The molecule has 0 aliphatic carbocycles. The van der Waals surface area contributed by atoms with E-state index in [1.165, 1.54) is 6.54 Å². The first kappa shape index (κ1) is 20.8. The topological polar surface area (TPSA) is 3.24 Å². The smallest absolute Gasteiger partial charge is 1.00 e. The molecular formula is C9H24ClMgNSi2. The summed E-state index contributed by atoms with van der Waals surface area (Å²) in [5, 5.41) is 0. The van der Waals surface area contributed by atoms with Crippen LogP contribution in [0.15, 0.2) is 0 Å². The van der Waals surface area contributed by atoms with E-state index >= 15 is 0 Å². The molecule has 0 spiro atoms. The van der Waals surface area contributed by atoms with Crippen molar-refractivity contribution in [1.82, 2.24) is 4.23 Å². The minimum absolute atomic E-state index is 0. The number of halogens is 1.